The zero-order valence-electron chi connectivity index (χ0n) is 10.9. The molecule has 6 heteroatoms. The number of aromatic nitrogens is 2. The minimum Gasteiger partial charge on any atom is -0.506 e. The Balaban J connectivity index is 1.75. The van der Waals surface area contributed by atoms with E-state index < -0.39 is 0 Å². The van der Waals surface area contributed by atoms with Crippen LogP contribution < -0.4 is 5.32 Å². The summed E-state index contributed by atoms with van der Waals surface area (Å²) in [6, 6.07) is 8.78. The van der Waals surface area contributed by atoms with Crippen molar-refractivity contribution in [3.05, 3.63) is 59.9 Å². The van der Waals surface area contributed by atoms with Crippen LogP contribution in [-0.2, 0) is 0 Å². The van der Waals surface area contributed by atoms with Gasteiger partial charge in [0.1, 0.15) is 10.8 Å². The van der Waals surface area contributed by atoms with Gasteiger partial charge in [-0.2, -0.15) is 0 Å². The van der Waals surface area contributed by atoms with Crippen LogP contribution in [0.4, 0.5) is 5.69 Å². The van der Waals surface area contributed by atoms with Crippen LogP contribution >= 0.6 is 11.3 Å². The Labute approximate surface area is 124 Å². The minimum atomic E-state index is -0.319. The van der Waals surface area contributed by atoms with Crippen molar-refractivity contribution in [1.82, 2.24) is 9.97 Å². The molecule has 21 heavy (non-hydrogen) atoms. The molecule has 104 valence electrons. The lowest BCUT2D eigenvalue weighted by Gasteiger charge is -2.06. The molecule has 2 aromatic heterocycles. The van der Waals surface area contributed by atoms with E-state index in [0.717, 1.165) is 10.6 Å². The van der Waals surface area contributed by atoms with Crippen LogP contribution in [0.15, 0.2) is 54.3 Å². The number of hydrogen-bond donors (Lipinski definition) is 2. The molecule has 0 bridgehead atoms. The zero-order chi connectivity index (χ0) is 14.7. The van der Waals surface area contributed by atoms with Crippen LogP contribution in [-0.4, -0.2) is 21.0 Å². The molecule has 0 radical (unpaired) electrons. The summed E-state index contributed by atoms with van der Waals surface area (Å²) in [4.78, 5) is 20.0. The van der Waals surface area contributed by atoms with Crippen molar-refractivity contribution < 1.29 is 9.90 Å². The Bertz CT molecular complexity index is 755. The van der Waals surface area contributed by atoms with Gasteiger partial charge in [-0.3, -0.25) is 9.78 Å². The topological polar surface area (TPSA) is 75.1 Å². The second kappa shape index (κ2) is 5.72. The molecule has 5 nitrogen and oxygen atoms in total. The van der Waals surface area contributed by atoms with Gasteiger partial charge < -0.3 is 10.4 Å². The van der Waals surface area contributed by atoms with Gasteiger partial charge in [0.15, 0.2) is 0 Å². The number of hydrogen-bond acceptors (Lipinski definition) is 5. The van der Waals surface area contributed by atoms with Crippen LogP contribution in [0.3, 0.4) is 0 Å². The fourth-order valence-corrected chi connectivity index (χ4v) is 2.46. The van der Waals surface area contributed by atoms with E-state index in [1.54, 1.807) is 17.5 Å². The van der Waals surface area contributed by atoms with E-state index >= 15 is 0 Å². The highest BCUT2D eigenvalue weighted by molar-refractivity contribution is 7.13. The molecule has 3 rings (SSSR count). The molecule has 0 fully saturated rings. The number of thiazole rings is 1. The molecule has 0 saturated carbocycles. The van der Waals surface area contributed by atoms with E-state index in [9.17, 15) is 9.90 Å². The third-order valence-corrected chi connectivity index (χ3v) is 3.63. The molecule has 2 heterocycles. The molecule has 2 N–H and O–H groups in total. The summed E-state index contributed by atoms with van der Waals surface area (Å²) in [5.74, 6) is -0.359. The van der Waals surface area contributed by atoms with Gasteiger partial charge >= 0.3 is 0 Å². The van der Waals surface area contributed by atoms with E-state index in [1.807, 2.05) is 29.6 Å². The maximum absolute atomic E-state index is 12.0. The number of nitrogens with one attached hydrogen (secondary N) is 1. The Kier molecular flexibility index (Phi) is 3.61. The number of carbonyl (C=O) groups is 1. The van der Waals surface area contributed by atoms with Gasteiger partial charge in [-0.1, -0.05) is 0 Å². The summed E-state index contributed by atoms with van der Waals surface area (Å²) in [6.07, 6.45) is 4.43. The average Bonchev–Trinajstić information content (AvgIpc) is 3.02. The standard InChI is InChI=1S/C15H11N3O2S/c19-13-7-11(8-16-9-13)14(20)18-12-3-1-10(2-4-12)15-17-5-6-21-15/h1-9,19H,(H,18,20). The van der Waals surface area contributed by atoms with E-state index in [-0.39, 0.29) is 11.7 Å². The number of carbonyl (C=O) groups excluding carboxylic acids is 1. The number of aromatic hydroxyl groups is 1. The molecule has 1 aromatic carbocycles. The average molecular weight is 297 g/mol. The predicted molar refractivity (Wildman–Crippen MR) is 81.4 cm³/mol. The normalized spacial score (nSPS) is 10.3. The van der Waals surface area contributed by atoms with Gasteiger partial charge in [-0.05, 0) is 30.3 Å². The maximum atomic E-state index is 12.0. The molecule has 0 spiro atoms. The van der Waals surface area contributed by atoms with E-state index in [2.05, 4.69) is 15.3 Å². The molecular weight excluding hydrogens is 286 g/mol. The first-order valence-corrected chi connectivity index (χ1v) is 7.05. The third-order valence-electron chi connectivity index (χ3n) is 2.81. The molecule has 3 aromatic rings. The smallest absolute Gasteiger partial charge is 0.257 e. The summed E-state index contributed by atoms with van der Waals surface area (Å²) >= 11 is 1.56. The highest BCUT2D eigenvalue weighted by Crippen LogP contribution is 2.23. The van der Waals surface area contributed by atoms with Crippen molar-refractivity contribution in [2.24, 2.45) is 0 Å². The quantitative estimate of drug-likeness (QED) is 0.778. The Morgan fingerprint density at radius 1 is 1.19 bits per heavy atom. The van der Waals surface area contributed by atoms with E-state index in [4.69, 9.17) is 0 Å². The molecule has 0 aliphatic carbocycles. The molecule has 0 saturated heterocycles. The van der Waals surface area contributed by atoms with Crippen LogP contribution in [0.2, 0.25) is 0 Å². The fraction of sp³-hybridized carbons (Fsp3) is 0. The summed E-state index contributed by atoms with van der Waals surface area (Å²) in [5, 5.41) is 14.9. The largest absolute Gasteiger partial charge is 0.506 e. The van der Waals surface area contributed by atoms with Crippen LogP contribution in [0, 0.1) is 0 Å². The Morgan fingerprint density at radius 2 is 2.00 bits per heavy atom. The van der Waals surface area contributed by atoms with Crippen LogP contribution in [0.5, 0.6) is 5.75 Å². The predicted octanol–water partition coefficient (Wildman–Crippen LogP) is 3.16. The maximum Gasteiger partial charge on any atom is 0.257 e. The number of rotatable bonds is 3. The summed E-state index contributed by atoms with van der Waals surface area (Å²) in [6.45, 7) is 0. The Morgan fingerprint density at radius 3 is 2.67 bits per heavy atom. The fourth-order valence-electron chi connectivity index (χ4n) is 1.82. The Hall–Kier alpha value is -2.73. The molecule has 0 unspecified atom stereocenters. The number of benzene rings is 1. The van der Waals surface area contributed by atoms with Crippen LogP contribution in [0.1, 0.15) is 10.4 Å². The monoisotopic (exact) mass is 297 g/mol. The van der Waals surface area contributed by atoms with Crippen molar-refractivity contribution in [1.29, 1.82) is 0 Å². The SMILES string of the molecule is O=C(Nc1ccc(-c2nccs2)cc1)c1cncc(O)c1. The molecular formula is C15H11N3O2S. The third kappa shape index (κ3) is 3.06. The molecule has 1 amide bonds. The van der Waals surface area contributed by atoms with Gasteiger partial charge in [0.05, 0.1) is 11.8 Å². The zero-order valence-corrected chi connectivity index (χ0v) is 11.7. The van der Waals surface area contributed by atoms with E-state index in [1.165, 1.54) is 18.5 Å². The summed E-state index contributed by atoms with van der Waals surface area (Å²) in [7, 11) is 0. The lowest BCUT2D eigenvalue weighted by molar-refractivity contribution is 0.102. The first-order chi connectivity index (χ1) is 10.2. The second-order valence-corrected chi connectivity index (χ2v) is 5.20. The highest BCUT2D eigenvalue weighted by atomic mass is 32.1. The van der Waals surface area contributed by atoms with Crippen LogP contribution in [0.25, 0.3) is 10.6 Å². The lowest BCUT2D eigenvalue weighted by atomic mass is 10.2. The first-order valence-electron chi connectivity index (χ1n) is 6.18. The summed E-state index contributed by atoms with van der Waals surface area (Å²) < 4.78 is 0. The van der Waals surface area contributed by atoms with Gasteiger partial charge in [0, 0.05) is 29.0 Å². The van der Waals surface area contributed by atoms with Crippen molar-refractivity contribution in [2.45, 2.75) is 0 Å². The summed E-state index contributed by atoms with van der Waals surface area (Å²) in [5.41, 5.74) is 1.98. The highest BCUT2D eigenvalue weighted by Gasteiger charge is 2.08. The number of pyridine rings is 1. The molecule has 0 aliphatic heterocycles. The van der Waals surface area contributed by atoms with Gasteiger partial charge in [-0.25, -0.2) is 4.98 Å². The minimum absolute atomic E-state index is 0.0400. The van der Waals surface area contributed by atoms with Gasteiger partial charge in [-0.15, -0.1) is 11.3 Å². The van der Waals surface area contributed by atoms with Crippen molar-refractivity contribution in [3.63, 3.8) is 0 Å². The van der Waals surface area contributed by atoms with E-state index in [0.29, 0.717) is 11.3 Å². The number of nitrogens with zero attached hydrogens (tertiary/aromatic N) is 2. The van der Waals surface area contributed by atoms with Gasteiger partial charge in [0.25, 0.3) is 5.91 Å². The number of anilines is 1. The van der Waals surface area contributed by atoms with Crippen molar-refractivity contribution in [3.8, 4) is 16.3 Å². The molecule has 0 atom stereocenters. The molecule has 0 aliphatic rings. The number of amides is 1. The van der Waals surface area contributed by atoms with Crippen molar-refractivity contribution in [2.75, 3.05) is 5.32 Å². The lowest BCUT2D eigenvalue weighted by Crippen LogP contribution is -2.11. The first kappa shape index (κ1) is 13.3. The second-order valence-electron chi connectivity index (χ2n) is 4.30. The van der Waals surface area contributed by atoms with Crippen molar-refractivity contribution >= 4 is 22.9 Å². The van der Waals surface area contributed by atoms with Gasteiger partial charge in [0.2, 0.25) is 0 Å².